The van der Waals surface area contributed by atoms with Gasteiger partial charge in [-0.2, -0.15) is 0 Å². The molecule has 0 saturated carbocycles. The van der Waals surface area contributed by atoms with E-state index in [2.05, 4.69) is 53.7 Å². The summed E-state index contributed by atoms with van der Waals surface area (Å²) < 4.78 is 1.65. The van der Waals surface area contributed by atoms with E-state index in [1.807, 2.05) is 6.20 Å². The molecule has 1 atom stereocenters. The highest BCUT2D eigenvalue weighted by Gasteiger charge is 2.06. The van der Waals surface area contributed by atoms with Crippen molar-refractivity contribution < 1.29 is 5.11 Å². The Balaban J connectivity index is 1.88. The first-order valence-corrected chi connectivity index (χ1v) is 6.49. The molecule has 0 radical (unpaired) electrons. The van der Waals surface area contributed by atoms with Crippen molar-refractivity contribution >= 4 is 0 Å². The molecule has 102 valence electrons. The van der Waals surface area contributed by atoms with Crippen LogP contribution in [0.15, 0.2) is 30.5 Å². The van der Waals surface area contributed by atoms with E-state index in [4.69, 9.17) is 5.11 Å². The van der Waals surface area contributed by atoms with Gasteiger partial charge in [0.1, 0.15) is 0 Å². The number of aliphatic hydroxyl groups excluding tert-OH is 1. The van der Waals surface area contributed by atoms with E-state index in [1.165, 1.54) is 11.1 Å². The quantitative estimate of drug-likeness (QED) is 0.824. The summed E-state index contributed by atoms with van der Waals surface area (Å²) in [6, 6.07) is 8.77. The first-order chi connectivity index (χ1) is 9.19. The van der Waals surface area contributed by atoms with E-state index < -0.39 is 0 Å². The summed E-state index contributed by atoms with van der Waals surface area (Å²) in [5, 5.41) is 20.2. The molecule has 1 heterocycles. The van der Waals surface area contributed by atoms with Crippen LogP contribution in [0, 0.1) is 6.92 Å². The molecule has 5 heteroatoms. The molecule has 5 nitrogen and oxygen atoms in total. The Morgan fingerprint density at radius 2 is 2.05 bits per heavy atom. The number of nitrogens with one attached hydrogen (secondary N) is 1. The molecule has 0 amide bonds. The average molecular weight is 260 g/mol. The molecule has 0 fully saturated rings. The van der Waals surface area contributed by atoms with Gasteiger partial charge in [0, 0.05) is 18.8 Å². The first-order valence-electron chi connectivity index (χ1n) is 6.49. The van der Waals surface area contributed by atoms with E-state index in [0.717, 1.165) is 5.69 Å². The summed E-state index contributed by atoms with van der Waals surface area (Å²) in [7, 11) is 0. The predicted octanol–water partition coefficient (Wildman–Crippen LogP) is 1.43. The lowest BCUT2D eigenvalue weighted by molar-refractivity contribution is 0.268. The Morgan fingerprint density at radius 1 is 1.32 bits per heavy atom. The summed E-state index contributed by atoms with van der Waals surface area (Å²) >= 11 is 0. The van der Waals surface area contributed by atoms with Gasteiger partial charge in [0.25, 0.3) is 0 Å². The average Bonchev–Trinajstić information content (AvgIpc) is 2.85. The van der Waals surface area contributed by atoms with Crippen LogP contribution in [0.3, 0.4) is 0 Å². The molecule has 0 bridgehead atoms. The molecule has 2 rings (SSSR count). The van der Waals surface area contributed by atoms with Gasteiger partial charge in [-0.25, -0.2) is 4.68 Å². The first kappa shape index (κ1) is 13.7. The third-order valence-corrected chi connectivity index (χ3v) is 3.08. The van der Waals surface area contributed by atoms with Gasteiger partial charge in [0.15, 0.2) is 0 Å². The molecular weight excluding hydrogens is 240 g/mol. The Labute approximate surface area is 113 Å². The molecule has 0 spiro atoms. The fourth-order valence-corrected chi connectivity index (χ4v) is 1.86. The van der Waals surface area contributed by atoms with Crippen molar-refractivity contribution in [1.29, 1.82) is 0 Å². The molecule has 0 aliphatic heterocycles. The second kappa shape index (κ2) is 6.45. The molecule has 1 aromatic heterocycles. The fraction of sp³-hybridized carbons (Fsp3) is 0.429. The third-order valence-electron chi connectivity index (χ3n) is 3.08. The number of hydrogen-bond donors (Lipinski definition) is 2. The zero-order valence-electron chi connectivity index (χ0n) is 11.4. The third kappa shape index (κ3) is 3.87. The minimum absolute atomic E-state index is 0.0794. The largest absolute Gasteiger partial charge is 0.394 e. The smallest absolute Gasteiger partial charge is 0.0965 e. The highest BCUT2D eigenvalue weighted by molar-refractivity contribution is 5.23. The molecule has 19 heavy (non-hydrogen) atoms. The van der Waals surface area contributed by atoms with E-state index in [0.29, 0.717) is 13.1 Å². The summed E-state index contributed by atoms with van der Waals surface area (Å²) in [6.45, 7) is 5.45. The van der Waals surface area contributed by atoms with Crippen molar-refractivity contribution in [3.63, 3.8) is 0 Å². The number of benzene rings is 1. The normalized spacial score (nSPS) is 12.6. The number of aromatic nitrogens is 3. The maximum absolute atomic E-state index is 8.81. The lowest BCUT2D eigenvalue weighted by Gasteiger charge is -2.13. The Bertz CT molecular complexity index is 506. The standard InChI is InChI=1S/C14H20N4O/c1-11-3-5-13(6-4-11)12(2)15-9-14-10-18(7-8-19)17-16-14/h3-6,10,12,15,19H,7-9H2,1-2H3/t12-/m0/s1. The molecule has 1 aromatic carbocycles. The van der Waals surface area contributed by atoms with Crippen molar-refractivity contribution in [2.24, 2.45) is 0 Å². The summed E-state index contributed by atoms with van der Waals surface area (Å²) in [5.41, 5.74) is 3.41. The molecule has 2 N–H and O–H groups in total. The molecule has 0 aliphatic carbocycles. The second-order valence-electron chi connectivity index (χ2n) is 4.71. The minimum Gasteiger partial charge on any atom is -0.394 e. The van der Waals surface area contributed by atoms with Crippen molar-refractivity contribution in [2.45, 2.75) is 33.0 Å². The highest BCUT2D eigenvalue weighted by atomic mass is 16.3. The monoisotopic (exact) mass is 260 g/mol. The van der Waals surface area contributed by atoms with Crippen LogP contribution in [0.25, 0.3) is 0 Å². The van der Waals surface area contributed by atoms with Crippen molar-refractivity contribution in [3.8, 4) is 0 Å². The maximum Gasteiger partial charge on any atom is 0.0965 e. The van der Waals surface area contributed by atoms with E-state index in [9.17, 15) is 0 Å². The van der Waals surface area contributed by atoms with Crippen LogP contribution < -0.4 is 5.32 Å². The number of hydrogen-bond acceptors (Lipinski definition) is 4. The van der Waals surface area contributed by atoms with Gasteiger partial charge < -0.3 is 10.4 Å². The molecular formula is C14H20N4O. The SMILES string of the molecule is Cc1ccc([C@H](C)NCc2cn(CCO)nn2)cc1. The van der Waals surface area contributed by atoms with Crippen LogP contribution in [-0.4, -0.2) is 26.7 Å². The summed E-state index contributed by atoms with van der Waals surface area (Å²) in [5.74, 6) is 0. The van der Waals surface area contributed by atoms with Crippen LogP contribution in [-0.2, 0) is 13.1 Å². The summed E-state index contributed by atoms with van der Waals surface area (Å²) in [6.07, 6.45) is 1.85. The number of rotatable bonds is 6. The lowest BCUT2D eigenvalue weighted by atomic mass is 10.1. The predicted molar refractivity (Wildman–Crippen MR) is 73.5 cm³/mol. The highest BCUT2D eigenvalue weighted by Crippen LogP contribution is 2.13. The van der Waals surface area contributed by atoms with Crippen molar-refractivity contribution in [1.82, 2.24) is 20.3 Å². The molecule has 0 unspecified atom stereocenters. The van der Waals surface area contributed by atoms with Crippen LogP contribution in [0.2, 0.25) is 0 Å². The van der Waals surface area contributed by atoms with E-state index in [1.54, 1.807) is 4.68 Å². The molecule has 2 aromatic rings. The number of aryl methyl sites for hydroxylation is 1. The molecule has 0 aliphatic rings. The zero-order valence-corrected chi connectivity index (χ0v) is 11.4. The Hall–Kier alpha value is -1.72. The van der Waals surface area contributed by atoms with Gasteiger partial charge in [0.2, 0.25) is 0 Å². The number of aliphatic hydroxyl groups is 1. The van der Waals surface area contributed by atoms with Gasteiger partial charge in [-0.1, -0.05) is 35.0 Å². The van der Waals surface area contributed by atoms with Gasteiger partial charge >= 0.3 is 0 Å². The number of nitrogens with zero attached hydrogens (tertiary/aromatic N) is 3. The van der Waals surface area contributed by atoms with E-state index >= 15 is 0 Å². The van der Waals surface area contributed by atoms with Gasteiger partial charge in [-0.05, 0) is 19.4 Å². The van der Waals surface area contributed by atoms with Crippen LogP contribution in [0.4, 0.5) is 0 Å². The summed E-state index contributed by atoms with van der Waals surface area (Å²) in [4.78, 5) is 0. The minimum atomic E-state index is 0.0794. The topological polar surface area (TPSA) is 63.0 Å². The van der Waals surface area contributed by atoms with Gasteiger partial charge in [-0.15, -0.1) is 5.10 Å². The van der Waals surface area contributed by atoms with Crippen molar-refractivity contribution in [2.75, 3.05) is 6.61 Å². The van der Waals surface area contributed by atoms with Crippen LogP contribution in [0.5, 0.6) is 0 Å². The van der Waals surface area contributed by atoms with Crippen molar-refractivity contribution in [3.05, 3.63) is 47.3 Å². The van der Waals surface area contributed by atoms with Crippen LogP contribution >= 0.6 is 0 Å². The fourth-order valence-electron chi connectivity index (χ4n) is 1.86. The van der Waals surface area contributed by atoms with Gasteiger partial charge in [0.05, 0.1) is 18.8 Å². The van der Waals surface area contributed by atoms with E-state index in [-0.39, 0.29) is 12.6 Å². The second-order valence-corrected chi connectivity index (χ2v) is 4.71. The Kier molecular flexibility index (Phi) is 4.65. The zero-order chi connectivity index (χ0) is 13.7. The van der Waals surface area contributed by atoms with Gasteiger partial charge in [-0.3, -0.25) is 0 Å². The lowest BCUT2D eigenvalue weighted by Crippen LogP contribution is -2.18. The maximum atomic E-state index is 8.81. The molecule has 0 saturated heterocycles. The van der Waals surface area contributed by atoms with Crippen LogP contribution in [0.1, 0.15) is 29.8 Å². The Morgan fingerprint density at radius 3 is 2.74 bits per heavy atom.